The molecule has 1 fully saturated rings. The Kier molecular flexibility index (Phi) is 9.33. The quantitative estimate of drug-likeness (QED) is 0.239. The molecule has 2 atom stereocenters. The van der Waals surface area contributed by atoms with Gasteiger partial charge in [-0.1, -0.05) is 33.6 Å². The van der Waals surface area contributed by atoms with Crippen molar-refractivity contribution in [2.75, 3.05) is 5.73 Å². The number of carbonyl (C=O) groups excluding carboxylic acids is 3. The molecule has 0 aliphatic carbocycles. The van der Waals surface area contributed by atoms with Gasteiger partial charge in [0.25, 0.3) is 5.91 Å². The number of aromatic nitrogens is 1. The Bertz CT molecular complexity index is 981. The van der Waals surface area contributed by atoms with Gasteiger partial charge in [-0.25, -0.2) is 9.78 Å². The van der Waals surface area contributed by atoms with Gasteiger partial charge in [-0.3, -0.25) is 19.3 Å². The fourth-order valence-electron chi connectivity index (χ4n) is 3.93. The third kappa shape index (κ3) is 6.28. The number of nitrogens with zero attached hydrogens (tertiary/aromatic N) is 2. The zero-order chi connectivity index (χ0) is 24.7. The monoisotopic (exact) mass is 476 g/mol. The molecule has 0 saturated carbocycles. The van der Waals surface area contributed by atoms with Crippen LogP contribution in [0.25, 0.3) is 0 Å². The van der Waals surface area contributed by atoms with E-state index < -0.39 is 24.0 Å². The summed E-state index contributed by atoms with van der Waals surface area (Å²) in [6.07, 6.45) is 4.41. The van der Waals surface area contributed by atoms with E-state index in [0.29, 0.717) is 47.7 Å². The molecule has 0 radical (unpaired) electrons. The maximum absolute atomic E-state index is 13.0. The minimum absolute atomic E-state index is 0.0140. The zero-order valence-corrected chi connectivity index (χ0v) is 20.3. The van der Waals surface area contributed by atoms with E-state index in [-0.39, 0.29) is 23.8 Å². The van der Waals surface area contributed by atoms with E-state index in [9.17, 15) is 24.3 Å². The van der Waals surface area contributed by atoms with E-state index >= 15 is 0 Å². The first-order valence-electron chi connectivity index (χ1n) is 11.1. The number of nitrogen functional groups attached to an aromatic ring is 1. The molecule has 1 aromatic heterocycles. The standard InChI is InChI=1S/C23H32N4O5S/c1-5-8-15(13(4)28)10-14(7-3)20(22(31)32)27-17(9-6-2)19(21(27)30)26-18(29)11-16-12-33-23(24)25-16/h10,12,17,19H,5-9,11H2,1-4H3,(H2,24,25)(H,26,29)(H,31,32)/b15-10+,20-14+. The van der Waals surface area contributed by atoms with Crippen LogP contribution >= 0.6 is 11.3 Å². The van der Waals surface area contributed by atoms with Crippen molar-refractivity contribution in [2.45, 2.75) is 78.3 Å². The summed E-state index contributed by atoms with van der Waals surface area (Å²) in [6, 6.07) is -1.30. The van der Waals surface area contributed by atoms with Gasteiger partial charge in [-0.05, 0) is 43.4 Å². The van der Waals surface area contributed by atoms with Crippen LogP contribution in [0.15, 0.2) is 28.3 Å². The Hall–Kier alpha value is -3.01. The third-order valence-electron chi connectivity index (χ3n) is 5.48. The number of ketones is 1. The van der Waals surface area contributed by atoms with Crippen LogP contribution in [-0.2, 0) is 25.6 Å². The van der Waals surface area contributed by atoms with Gasteiger partial charge in [0.1, 0.15) is 11.7 Å². The number of rotatable bonds is 12. The smallest absolute Gasteiger partial charge is 0.352 e. The number of likely N-dealkylation sites (tertiary alicyclic amines) is 1. The van der Waals surface area contributed by atoms with Gasteiger partial charge in [0.2, 0.25) is 5.91 Å². The molecule has 10 heteroatoms. The van der Waals surface area contributed by atoms with Crippen LogP contribution in [0.5, 0.6) is 0 Å². The van der Waals surface area contributed by atoms with Crippen molar-refractivity contribution in [3.63, 3.8) is 0 Å². The van der Waals surface area contributed by atoms with Crippen molar-refractivity contribution >= 4 is 40.0 Å². The number of nitrogens with two attached hydrogens (primary N) is 1. The summed E-state index contributed by atoms with van der Waals surface area (Å²) >= 11 is 1.23. The zero-order valence-electron chi connectivity index (χ0n) is 19.5. The number of hydrogen-bond acceptors (Lipinski definition) is 7. The topological polar surface area (TPSA) is 143 Å². The highest BCUT2D eigenvalue weighted by Crippen LogP contribution is 2.32. The highest BCUT2D eigenvalue weighted by Gasteiger charge is 2.51. The molecule has 2 amide bonds. The summed E-state index contributed by atoms with van der Waals surface area (Å²) in [5, 5.41) is 14.8. The summed E-state index contributed by atoms with van der Waals surface area (Å²) in [5.74, 6) is -2.21. The molecule has 1 aliphatic heterocycles. The number of amides is 2. The van der Waals surface area contributed by atoms with Gasteiger partial charge in [-0.2, -0.15) is 0 Å². The number of carboxylic acid groups (broad SMARTS) is 1. The first kappa shape index (κ1) is 26.2. The average molecular weight is 477 g/mol. The Balaban J connectivity index is 2.34. The van der Waals surface area contributed by atoms with E-state index in [1.807, 2.05) is 13.8 Å². The van der Waals surface area contributed by atoms with Crippen molar-refractivity contribution in [2.24, 2.45) is 0 Å². The van der Waals surface area contributed by atoms with Gasteiger partial charge in [0.05, 0.1) is 18.2 Å². The molecule has 33 heavy (non-hydrogen) atoms. The third-order valence-corrected chi connectivity index (χ3v) is 6.20. The van der Waals surface area contributed by atoms with Crippen molar-refractivity contribution < 1.29 is 24.3 Å². The number of allylic oxidation sites excluding steroid dienone is 3. The Morgan fingerprint density at radius 2 is 1.97 bits per heavy atom. The minimum atomic E-state index is -1.24. The molecule has 2 unspecified atom stereocenters. The first-order chi connectivity index (χ1) is 15.6. The molecule has 0 aromatic carbocycles. The van der Waals surface area contributed by atoms with Crippen LogP contribution in [0.3, 0.4) is 0 Å². The molecule has 2 heterocycles. The lowest BCUT2D eigenvalue weighted by atomic mass is 9.88. The molecule has 9 nitrogen and oxygen atoms in total. The molecule has 0 bridgehead atoms. The minimum Gasteiger partial charge on any atom is -0.477 e. The lowest BCUT2D eigenvalue weighted by Crippen LogP contribution is -2.70. The molecular weight excluding hydrogens is 444 g/mol. The number of β-lactam (4-membered cyclic amide) rings is 1. The van der Waals surface area contributed by atoms with Gasteiger partial charge < -0.3 is 16.2 Å². The van der Waals surface area contributed by atoms with Crippen LogP contribution in [0, 0.1) is 0 Å². The number of carbonyl (C=O) groups is 4. The first-order valence-corrected chi connectivity index (χ1v) is 12.0. The van der Waals surface area contributed by atoms with Crippen molar-refractivity contribution in [3.05, 3.63) is 34.0 Å². The number of hydrogen-bond donors (Lipinski definition) is 3. The summed E-state index contributed by atoms with van der Waals surface area (Å²) in [4.78, 5) is 55.1. The maximum atomic E-state index is 13.0. The van der Waals surface area contributed by atoms with Gasteiger partial charge in [-0.15, -0.1) is 11.3 Å². The second-order valence-corrected chi connectivity index (χ2v) is 8.86. The molecule has 1 saturated heterocycles. The molecule has 1 aromatic rings. The SMILES string of the molecule is CCC/C(=C\C(CC)=C(/C(=O)O)N1C(=O)C(NC(=O)Cc2csc(N)n2)C1CCC)C(C)=O. The molecule has 0 spiro atoms. The summed E-state index contributed by atoms with van der Waals surface area (Å²) in [6.45, 7) is 7.10. The van der Waals surface area contributed by atoms with Gasteiger partial charge >= 0.3 is 5.97 Å². The van der Waals surface area contributed by atoms with Crippen LogP contribution in [-0.4, -0.2) is 50.6 Å². The van der Waals surface area contributed by atoms with E-state index in [4.69, 9.17) is 5.73 Å². The van der Waals surface area contributed by atoms with E-state index in [0.717, 1.165) is 6.42 Å². The van der Waals surface area contributed by atoms with E-state index in [1.165, 1.54) is 23.2 Å². The highest BCUT2D eigenvalue weighted by atomic mass is 32.1. The molecule has 180 valence electrons. The Morgan fingerprint density at radius 1 is 1.27 bits per heavy atom. The second kappa shape index (κ2) is 11.7. The predicted octanol–water partition coefficient (Wildman–Crippen LogP) is 2.83. The van der Waals surface area contributed by atoms with E-state index in [2.05, 4.69) is 10.3 Å². The molecule has 4 N–H and O–H groups in total. The summed E-state index contributed by atoms with van der Waals surface area (Å²) in [5.41, 5.74) is 6.93. The van der Waals surface area contributed by atoms with Crippen molar-refractivity contribution in [1.29, 1.82) is 0 Å². The Labute approximate surface area is 197 Å². The average Bonchev–Trinajstić information content (AvgIpc) is 3.16. The fourth-order valence-corrected chi connectivity index (χ4v) is 4.49. The maximum Gasteiger partial charge on any atom is 0.352 e. The number of Topliss-reactive ketones (excluding diaryl/α,β-unsaturated/α-hetero) is 1. The summed E-state index contributed by atoms with van der Waals surface area (Å²) in [7, 11) is 0. The number of anilines is 1. The predicted molar refractivity (Wildman–Crippen MR) is 126 cm³/mol. The number of nitrogens with one attached hydrogen (secondary N) is 1. The van der Waals surface area contributed by atoms with Gasteiger partial charge in [0, 0.05) is 5.38 Å². The number of carboxylic acids is 1. The lowest BCUT2D eigenvalue weighted by Gasteiger charge is -2.47. The van der Waals surface area contributed by atoms with Crippen molar-refractivity contribution in [1.82, 2.24) is 15.2 Å². The largest absolute Gasteiger partial charge is 0.477 e. The molecule has 1 aliphatic rings. The fraction of sp³-hybridized carbons (Fsp3) is 0.522. The van der Waals surface area contributed by atoms with E-state index in [1.54, 1.807) is 18.4 Å². The van der Waals surface area contributed by atoms with Crippen LogP contribution in [0.2, 0.25) is 0 Å². The van der Waals surface area contributed by atoms with Crippen LogP contribution in [0.1, 0.15) is 65.5 Å². The number of thiazole rings is 1. The Morgan fingerprint density at radius 3 is 2.45 bits per heavy atom. The van der Waals surface area contributed by atoms with Crippen molar-refractivity contribution in [3.8, 4) is 0 Å². The summed E-state index contributed by atoms with van der Waals surface area (Å²) < 4.78 is 0. The number of aliphatic carboxylic acids is 1. The van der Waals surface area contributed by atoms with Crippen LogP contribution in [0.4, 0.5) is 5.13 Å². The highest BCUT2D eigenvalue weighted by molar-refractivity contribution is 7.13. The normalized spacial score (nSPS) is 19.1. The molecular formula is C23H32N4O5S. The second-order valence-electron chi connectivity index (χ2n) is 7.97. The van der Waals surface area contributed by atoms with Crippen LogP contribution < -0.4 is 11.1 Å². The molecule has 2 rings (SSSR count). The lowest BCUT2D eigenvalue weighted by molar-refractivity contribution is -0.155. The van der Waals surface area contributed by atoms with Gasteiger partial charge in [0.15, 0.2) is 10.9 Å².